The number of hydrogen-bond donors (Lipinski definition) is 1. The number of rotatable bonds is 3. The van der Waals surface area contributed by atoms with Gasteiger partial charge in [0.15, 0.2) is 5.96 Å². The lowest BCUT2D eigenvalue weighted by atomic mass is 10.0. The number of nitrogens with one attached hydrogen (secondary N) is 1. The first-order chi connectivity index (χ1) is 8.69. The maximum atomic E-state index is 4.48. The van der Waals surface area contributed by atoms with E-state index in [4.69, 9.17) is 0 Å². The van der Waals surface area contributed by atoms with Crippen molar-refractivity contribution in [3.8, 4) is 0 Å². The summed E-state index contributed by atoms with van der Waals surface area (Å²) < 4.78 is 0. The molecule has 0 saturated heterocycles. The molecule has 1 aliphatic heterocycles. The number of nitrogens with zero attached hydrogens (tertiary/aromatic N) is 2. The molecule has 1 fully saturated rings. The molecule has 1 aromatic rings. The molecule has 18 heavy (non-hydrogen) atoms. The molecule has 0 amide bonds. The van der Waals surface area contributed by atoms with Gasteiger partial charge in [0.1, 0.15) is 0 Å². The first-order valence-corrected chi connectivity index (χ1v) is 6.73. The van der Waals surface area contributed by atoms with Crippen LogP contribution >= 0.6 is 0 Å². The molecular weight excluding hydrogens is 222 g/mol. The first-order valence-electron chi connectivity index (χ1n) is 6.73. The van der Waals surface area contributed by atoms with Gasteiger partial charge in [0.05, 0.1) is 6.54 Å². The fraction of sp³-hybridized carbons (Fsp3) is 0.533. The van der Waals surface area contributed by atoms with E-state index < -0.39 is 0 Å². The summed E-state index contributed by atoms with van der Waals surface area (Å²) in [5.74, 6) is 1.77. The fourth-order valence-corrected chi connectivity index (χ4v) is 2.81. The minimum atomic E-state index is 0.396. The van der Waals surface area contributed by atoms with Crippen molar-refractivity contribution in [2.45, 2.75) is 19.3 Å². The third-order valence-electron chi connectivity index (χ3n) is 4.26. The summed E-state index contributed by atoms with van der Waals surface area (Å²) in [7, 11) is 2.10. The monoisotopic (exact) mass is 243 g/mol. The number of likely N-dealkylation sites (N-methyl/N-ethyl adjacent to an activating group) is 1. The third kappa shape index (κ3) is 2.09. The summed E-state index contributed by atoms with van der Waals surface area (Å²) >= 11 is 0. The van der Waals surface area contributed by atoms with Gasteiger partial charge >= 0.3 is 0 Å². The normalized spacial score (nSPS) is 30.2. The van der Waals surface area contributed by atoms with E-state index in [1.165, 1.54) is 12.0 Å². The largest absolute Gasteiger partial charge is 0.356 e. The predicted molar refractivity (Wildman–Crippen MR) is 74.8 cm³/mol. The summed E-state index contributed by atoms with van der Waals surface area (Å²) in [5.41, 5.74) is 1.87. The molecule has 1 heterocycles. The van der Waals surface area contributed by atoms with Gasteiger partial charge in [0.25, 0.3) is 0 Å². The lowest BCUT2D eigenvalue weighted by Crippen LogP contribution is -2.38. The molecule has 0 unspecified atom stereocenters. The zero-order valence-electron chi connectivity index (χ0n) is 11.2. The zero-order valence-corrected chi connectivity index (χ0v) is 11.2. The van der Waals surface area contributed by atoms with Crippen LogP contribution in [0.2, 0.25) is 0 Å². The molecule has 0 spiro atoms. The highest BCUT2D eigenvalue weighted by Crippen LogP contribution is 2.58. The van der Waals surface area contributed by atoms with Gasteiger partial charge in [0, 0.05) is 20.1 Å². The molecule has 0 aromatic heterocycles. The molecule has 0 radical (unpaired) electrons. The second-order valence-electron chi connectivity index (χ2n) is 5.80. The van der Waals surface area contributed by atoms with Crippen molar-refractivity contribution in [3.63, 3.8) is 0 Å². The Balaban J connectivity index is 1.58. The summed E-state index contributed by atoms with van der Waals surface area (Å²) in [4.78, 5) is 6.67. The van der Waals surface area contributed by atoms with Gasteiger partial charge in [-0.25, -0.2) is 0 Å². The summed E-state index contributed by atoms with van der Waals surface area (Å²) in [6.45, 7) is 5.36. The molecular formula is C15H21N3. The van der Waals surface area contributed by atoms with Crippen molar-refractivity contribution >= 4 is 5.96 Å². The average molecular weight is 243 g/mol. The minimum Gasteiger partial charge on any atom is -0.356 e. The smallest absolute Gasteiger partial charge is 0.193 e. The van der Waals surface area contributed by atoms with Crippen molar-refractivity contribution in [3.05, 3.63) is 35.9 Å². The van der Waals surface area contributed by atoms with Crippen molar-refractivity contribution in [2.75, 3.05) is 26.7 Å². The summed E-state index contributed by atoms with van der Waals surface area (Å²) in [6, 6.07) is 10.8. The van der Waals surface area contributed by atoms with Gasteiger partial charge in [-0.05, 0) is 23.3 Å². The van der Waals surface area contributed by atoms with E-state index >= 15 is 0 Å². The van der Waals surface area contributed by atoms with Crippen LogP contribution in [0.4, 0.5) is 0 Å². The molecule has 1 aromatic carbocycles. The average Bonchev–Trinajstić information content (AvgIpc) is 2.89. The Bertz CT molecular complexity index is 454. The van der Waals surface area contributed by atoms with E-state index in [-0.39, 0.29) is 0 Å². The number of benzene rings is 1. The minimum absolute atomic E-state index is 0.396. The van der Waals surface area contributed by atoms with Gasteiger partial charge in [-0.1, -0.05) is 37.3 Å². The van der Waals surface area contributed by atoms with Crippen LogP contribution in [-0.2, 0) is 0 Å². The highest BCUT2D eigenvalue weighted by Gasteiger charge is 2.50. The summed E-state index contributed by atoms with van der Waals surface area (Å²) in [6.07, 6.45) is 1.28. The van der Waals surface area contributed by atoms with Crippen LogP contribution in [0.15, 0.2) is 35.3 Å². The van der Waals surface area contributed by atoms with E-state index in [2.05, 4.69) is 59.5 Å². The zero-order chi connectivity index (χ0) is 12.6. The van der Waals surface area contributed by atoms with Crippen LogP contribution in [0, 0.1) is 5.41 Å². The van der Waals surface area contributed by atoms with Gasteiger partial charge < -0.3 is 10.2 Å². The second-order valence-corrected chi connectivity index (χ2v) is 5.80. The molecule has 2 atom stereocenters. The summed E-state index contributed by atoms with van der Waals surface area (Å²) in [5, 5.41) is 3.51. The molecule has 3 rings (SSSR count). The van der Waals surface area contributed by atoms with Gasteiger partial charge in [0.2, 0.25) is 0 Å². The van der Waals surface area contributed by atoms with Crippen molar-refractivity contribution in [1.82, 2.24) is 10.2 Å². The first kappa shape index (κ1) is 11.6. The topological polar surface area (TPSA) is 27.6 Å². The number of aliphatic imine (C=N–C) groups is 1. The molecule has 3 nitrogen and oxygen atoms in total. The standard InChI is InChI=1S/C15H21N3/c1-15(11-17-14-16-8-9-18(14)2)10-13(15)12-6-4-3-5-7-12/h3-7,13H,8-11H2,1-2H3,(H,16,17)/t13-,15-/m0/s1. The van der Waals surface area contributed by atoms with E-state index in [9.17, 15) is 0 Å². The molecule has 1 N–H and O–H groups in total. The number of guanidine groups is 1. The fourth-order valence-electron chi connectivity index (χ4n) is 2.81. The van der Waals surface area contributed by atoms with E-state index in [1.807, 2.05) is 0 Å². The van der Waals surface area contributed by atoms with Crippen molar-refractivity contribution < 1.29 is 0 Å². The Kier molecular flexibility index (Phi) is 2.77. The molecule has 0 bridgehead atoms. The molecule has 96 valence electrons. The van der Waals surface area contributed by atoms with Gasteiger partial charge in [-0.2, -0.15) is 0 Å². The maximum Gasteiger partial charge on any atom is 0.193 e. The highest BCUT2D eigenvalue weighted by molar-refractivity contribution is 5.81. The Morgan fingerprint density at radius 2 is 2.17 bits per heavy atom. The Morgan fingerprint density at radius 3 is 2.83 bits per heavy atom. The molecule has 2 aliphatic rings. The highest BCUT2D eigenvalue weighted by atomic mass is 15.3. The van der Waals surface area contributed by atoms with E-state index in [0.29, 0.717) is 11.3 Å². The second kappa shape index (κ2) is 4.30. The number of hydrogen-bond acceptors (Lipinski definition) is 3. The Labute approximate surface area is 109 Å². The van der Waals surface area contributed by atoms with E-state index in [0.717, 1.165) is 25.6 Å². The van der Waals surface area contributed by atoms with Crippen molar-refractivity contribution in [2.24, 2.45) is 10.4 Å². The van der Waals surface area contributed by atoms with Crippen molar-refractivity contribution in [1.29, 1.82) is 0 Å². The van der Waals surface area contributed by atoms with Crippen LogP contribution in [0.25, 0.3) is 0 Å². The predicted octanol–water partition coefficient (Wildman–Crippen LogP) is 2.07. The van der Waals surface area contributed by atoms with Crippen LogP contribution in [0.3, 0.4) is 0 Å². The van der Waals surface area contributed by atoms with Crippen LogP contribution < -0.4 is 5.32 Å². The van der Waals surface area contributed by atoms with Gasteiger partial charge in [-0.3, -0.25) is 4.99 Å². The SMILES string of the molecule is CN1CCN=C1NC[C@]1(C)C[C@H]1c1ccccc1. The van der Waals surface area contributed by atoms with E-state index in [1.54, 1.807) is 0 Å². The lowest BCUT2D eigenvalue weighted by molar-refractivity contribution is 0.491. The molecule has 1 aliphatic carbocycles. The lowest BCUT2D eigenvalue weighted by Gasteiger charge is -2.18. The van der Waals surface area contributed by atoms with Crippen LogP contribution in [0.5, 0.6) is 0 Å². The molecule has 1 saturated carbocycles. The quantitative estimate of drug-likeness (QED) is 0.880. The van der Waals surface area contributed by atoms with Gasteiger partial charge in [-0.15, -0.1) is 0 Å². The van der Waals surface area contributed by atoms with Crippen LogP contribution in [0.1, 0.15) is 24.8 Å². The maximum absolute atomic E-state index is 4.48. The molecule has 3 heteroatoms. The Morgan fingerprint density at radius 1 is 1.39 bits per heavy atom. The Hall–Kier alpha value is -1.51. The van der Waals surface area contributed by atoms with Crippen LogP contribution in [-0.4, -0.2) is 37.5 Å². The third-order valence-corrected chi connectivity index (χ3v) is 4.26.